The number of carbonyl (C=O) groups excluding carboxylic acids is 1. The molecular formula is C8H12O2. The van der Waals surface area contributed by atoms with E-state index in [1.807, 2.05) is 6.92 Å². The first-order valence-corrected chi connectivity index (χ1v) is 3.63. The van der Waals surface area contributed by atoms with Gasteiger partial charge in [0.15, 0.2) is 5.78 Å². The highest BCUT2D eigenvalue weighted by Crippen LogP contribution is 2.25. The molecule has 0 bridgehead atoms. The Bertz CT molecular complexity index is 170. The van der Waals surface area contributed by atoms with Gasteiger partial charge in [-0.3, -0.25) is 4.79 Å². The Kier molecular flexibility index (Phi) is 2.10. The lowest BCUT2D eigenvalue weighted by Gasteiger charge is -2.18. The summed E-state index contributed by atoms with van der Waals surface area (Å²) in [5, 5.41) is 8.65. The number of ketones is 1. The molecule has 10 heavy (non-hydrogen) atoms. The van der Waals surface area contributed by atoms with E-state index in [-0.39, 0.29) is 11.7 Å². The molecule has 0 spiro atoms. The van der Waals surface area contributed by atoms with E-state index in [0.717, 1.165) is 19.1 Å². The smallest absolute Gasteiger partial charge is 0.162 e. The van der Waals surface area contributed by atoms with Gasteiger partial charge in [0.05, 0.1) is 6.26 Å². The number of rotatable bonds is 0. The maximum Gasteiger partial charge on any atom is 0.162 e. The van der Waals surface area contributed by atoms with Gasteiger partial charge in [0, 0.05) is 12.0 Å². The Labute approximate surface area is 60.6 Å². The Morgan fingerprint density at radius 3 is 2.80 bits per heavy atom. The molecule has 0 aromatic carbocycles. The minimum Gasteiger partial charge on any atom is -0.515 e. The van der Waals surface area contributed by atoms with Gasteiger partial charge in [0.1, 0.15) is 0 Å². The zero-order chi connectivity index (χ0) is 7.56. The third-order valence-corrected chi connectivity index (χ3v) is 2.03. The molecule has 1 unspecified atom stereocenters. The van der Waals surface area contributed by atoms with E-state index in [2.05, 4.69) is 0 Å². The Balaban J connectivity index is 2.73. The van der Waals surface area contributed by atoms with E-state index in [1.54, 1.807) is 0 Å². The number of aliphatic hydroxyl groups is 1. The fourth-order valence-corrected chi connectivity index (χ4v) is 1.34. The third-order valence-electron chi connectivity index (χ3n) is 2.03. The SMILES string of the molecule is CC1CCCC(=O)C1=CO. The van der Waals surface area contributed by atoms with Crippen molar-refractivity contribution in [2.45, 2.75) is 26.2 Å². The molecule has 1 fully saturated rings. The van der Waals surface area contributed by atoms with Crippen LogP contribution < -0.4 is 0 Å². The number of allylic oxidation sites excluding steroid dienone is 1. The number of Topliss-reactive ketones (excluding diaryl/α,β-unsaturated/α-hetero) is 1. The van der Waals surface area contributed by atoms with Gasteiger partial charge in [0.25, 0.3) is 0 Å². The van der Waals surface area contributed by atoms with Crippen molar-refractivity contribution >= 4 is 5.78 Å². The topological polar surface area (TPSA) is 37.3 Å². The average Bonchev–Trinajstić information content (AvgIpc) is 1.88. The van der Waals surface area contributed by atoms with Gasteiger partial charge >= 0.3 is 0 Å². The number of hydrogen-bond donors (Lipinski definition) is 1. The average molecular weight is 140 g/mol. The first kappa shape index (κ1) is 7.32. The highest BCUT2D eigenvalue weighted by molar-refractivity contribution is 5.96. The fourth-order valence-electron chi connectivity index (χ4n) is 1.34. The summed E-state index contributed by atoms with van der Waals surface area (Å²) in [5.74, 6) is 0.368. The van der Waals surface area contributed by atoms with Crippen LogP contribution in [0.3, 0.4) is 0 Å². The van der Waals surface area contributed by atoms with Crippen LogP contribution in [-0.2, 0) is 4.79 Å². The monoisotopic (exact) mass is 140 g/mol. The molecule has 0 aromatic rings. The molecular weight excluding hydrogens is 128 g/mol. The second-order valence-corrected chi connectivity index (χ2v) is 2.80. The summed E-state index contributed by atoms with van der Waals surface area (Å²) < 4.78 is 0. The molecule has 1 aliphatic rings. The summed E-state index contributed by atoms with van der Waals surface area (Å²) in [4.78, 5) is 11.0. The number of aliphatic hydroxyl groups excluding tert-OH is 1. The van der Waals surface area contributed by atoms with E-state index in [9.17, 15) is 4.79 Å². The van der Waals surface area contributed by atoms with Gasteiger partial charge in [0.2, 0.25) is 0 Å². The predicted octanol–water partition coefficient (Wildman–Crippen LogP) is 1.82. The molecule has 1 atom stereocenters. The molecule has 0 saturated heterocycles. The zero-order valence-corrected chi connectivity index (χ0v) is 6.13. The van der Waals surface area contributed by atoms with Crippen LogP contribution in [0.25, 0.3) is 0 Å². The Morgan fingerprint density at radius 1 is 1.70 bits per heavy atom. The summed E-state index contributed by atoms with van der Waals surface area (Å²) in [6.07, 6.45) is 3.57. The van der Waals surface area contributed by atoms with Crippen LogP contribution in [-0.4, -0.2) is 10.9 Å². The van der Waals surface area contributed by atoms with Gasteiger partial charge in [-0.25, -0.2) is 0 Å². The molecule has 56 valence electrons. The van der Waals surface area contributed by atoms with Gasteiger partial charge in [-0.05, 0) is 18.8 Å². The molecule has 2 heteroatoms. The van der Waals surface area contributed by atoms with Gasteiger partial charge < -0.3 is 5.11 Å². The van der Waals surface area contributed by atoms with Crippen LogP contribution >= 0.6 is 0 Å². The van der Waals surface area contributed by atoms with Crippen molar-refractivity contribution in [1.29, 1.82) is 0 Å². The summed E-state index contributed by atoms with van der Waals surface area (Å²) in [6, 6.07) is 0. The second kappa shape index (κ2) is 2.86. The van der Waals surface area contributed by atoms with E-state index in [4.69, 9.17) is 5.11 Å². The van der Waals surface area contributed by atoms with Crippen molar-refractivity contribution in [3.05, 3.63) is 11.8 Å². The van der Waals surface area contributed by atoms with Crippen LogP contribution in [0.15, 0.2) is 11.8 Å². The van der Waals surface area contributed by atoms with Crippen molar-refractivity contribution < 1.29 is 9.90 Å². The molecule has 0 aromatic heterocycles. The summed E-state index contributed by atoms with van der Waals surface area (Å²) in [5.41, 5.74) is 0.603. The molecule has 0 aliphatic heterocycles. The maximum atomic E-state index is 11.0. The van der Waals surface area contributed by atoms with E-state index in [0.29, 0.717) is 12.0 Å². The second-order valence-electron chi connectivity index (χ2n) is 2.80. The Hall–Kier alpha value is -0.790. The Morgan fingerprint density at radius 2 is 2.40 bits per heavy atom. The van der Waals surface area contributed by atoms with Crippen molar-refractivity contribution in [2.75, 3.05) is 0 Å². The fraction of sp³-hybridized carbons (Fsp3) is 0.625. The van der Waals surface area contributed by atoms with Crippen LogP contribution in [0.1, 0.15) is 26.2 Å². The van der Waals surface area contributed by atoms with Gasteiger partial charge in [-0.1, -0.05) is 6.92 Å². The van der Waals surface area contributed by atoms with Crippen LogP contribution in [0.4, 0.5) is 0 Å². The number of carbonyl (C=O) groups is 1. The molecule has 0 radical (unpaired) electrons. The molecule has 1 N–H and O–H groups in total. The van der Waals surface area contributed by atoms with E-state index < -0.39 is 0 Å². The van der Waals surface area contributed by atoms with Crippen molar-refractivity contribution in [3.8, 4) is 0 Å². The normalized spacial score (nSPS) is 31.1. The molecule has 1 rings (SSSR count). The molecule has 0 heterocycles. The molecule has 2 nitrogen and oxygen atoms in total. The standard InChI is InChI=1S/C8H12O2/c1-6-3-2-4-8(10)7(6)5-9/h5-6,9H,2-4H2,1H3. The largest absolute Gasteiger partial charge is 0.515 e. The first-order valence-electron chi connectivity index (χ1n) is 3.63. The third kappa shape index (κ3) is 1.20. The lowest BCUT2D eigenvalue weighted by atomic mass is 9.85. The van der Waals surface area contributed by atoms with Crippen LogP contribution in [0, 0.1) is 5.92 Å². The van der Waals surface area contributed by atoms with Gasteiger partial charge in [-0.2, -0.15) is 0 Å². The molecule has 1 saturated carbocycles. The zero-order valence-electron chi connectivity index (χ0n) is 6.13. The summed E-state index contributed by atoms with van der Waals surface area (Å²) >= 11 is 0. The predicted molar refractivity (Wildman–Crippen MR) is 38.7 cm³/mol. The lowest BCUT2D eigenvalue weighted by Crippen LogP contribution is -2.16. The van der Waals surface area contributed by atoms with Gasteiger partial charge in [-0.15, -0.1) is 0 Å². The van der Waals surface area contributed by atoms with Crippen molar-refractivity contribution in [2.24, 2.45) is 5.92 Å². The van der Waals surface area contributed by atoms with Crippen molar-refractivity contribution in [3.63, 3.8) is 0 Å². The van der Waals surface area contributed by atoms with E-state index in [1.165, 1.54) is 0 Å². The van der Waals surface area contributed by atoms with Crippen LogP contribution in [0.2, 0.25) is 0 Å². The molecule has 0 amide bonds. The molecule has 1 aliphatic carbocycles. The minimum atomic E-state index is 0.112. The quantitative estimate of drug-likeness (QED) is 0.411. The van der Waals surface area contributed by atoms with E-state index >= 15 is 0 Å². The maximum absolute atomic E-state index is 11.0. The highest BCUT2D eigenvalue weighted by Gasteiger charge is 2.21. The highest BCUT2D eigenvalue weighted by atomic mass is 16.2. The van der Waals surface area contributed by atoms with Crippen molar-refractivity contribution in [1.82, 2.24) is 0 Å². The number of hydrogen-bond acceptors (Lipinski definition) is 2. The summed E-state index contributed by atoms with van der Waals surface area (Å²) in [7, 11) is 0. The first-order chi connectivity index (χ1) is 4.75. The lowest BCUT2D eigenvalue weighted by molar-refractivity contribution is -0.117. The van der Waals surface area contributed by atoms with Crippen LogP contribution in [0.5, 0.6) is 0 Å². The summed E-state index contributed by atoms with van der Waals surface area (Å²) in [6.45, 7) is 1.97. The minimum absolute atomic E-state index is 0.112.